The number of carbonyl (C=O) groups is 1. The first-order chi connectivity index (χ1) is 18.6. The standard InChI is InChI=1S/C29H31FN4O3.C2H6/c1-29(2,3)37-28(36)33-17-7-10-20(33)16-15-19-9-5-13-23-21(19)11-8-18-34(23)26-25-22(30)12-6-14-24(25)32(4)27(35)31-26;1-2/h5-6,9,12-14,20H,7-8,10-11,17-18H2,1-4H3;1-2H3. The molecular weight excluding hydrogens is 495 g/mol. The molecular formula is C31H37FN4O3. The second kappa shape index (κ2) is 11.5. The van der Waals surface area contributed by atoms with E-state index in [4.69, 9.17) is 4.74 Å². The summed E-state index contributed by atoms with van der Waals surface area (Å²) in [6.45, 7) is 10.8. The Labute approximate surface area is 229 Å². The summed E-state index contributed by atoms with van der Waals surface area (Å²) in [7, 11) is 1.60. The Balaban J connectivity index is 0.00000172. The fourth-order valence-corrected chi connectivity index (χ4v) is 5.11. The van der Waals surface area contributed by atoms with E-state index in [-0.39, 0.29) is 12.1 Å². The van der Waals surface area contributed by atoms with Crippen LogP contribution in [0.25, 0.3) is 10.9 Å². The van der Waals surface area contributed by atoms with Crippen LogP contribution < -0.4 is 10.6 Å². The average molecular weight is 533 g/mol. The zero-order chi connectivity index (χ0) is 28.3. The largest absolute Gasteiger partial charge is 0.444 e. The van der Waals surface area contributed by atoms with E-state index in [1.165, 1.54) is 10.6 Å². The Morgan fingerprint density at radius 3 is 2.59 bits per heavy atom. The van der Waals surface area contributed by atoms with E-state index in [1.54, 1.807) is 24.1 Å². The highest BCUT2D eigenvalue weighted by atomic mass is 19.1. The number of benzene rings is 2. The van der Waals surface area contributed by atoms with Crippen molar-refractivity contribution in [3.8, 4) is 11.8 Å². The molecule has 3 aromatic rings. The zero-order valence-corrected chi connectivity index (χ0v) is 23.7. The van der Waals surface area contributed by atoms with Crippen molar-refractivity contribution in [2.75, 3.05) is 18.0 Å². The van der Waals surface area contributed by atoms with Gasteiger partial charge in [-0.15, -0.1) is 0 Å². The topological polar surface area (TPSA) is 67.7 Å². The van der Waals surface area contributed by atoms with Gasteiger partial charge < -0.3 is 9.64 Å². The van der Waals surface area contributed by atoms with Gasteiger partial charge in [0, 0.05) is 31.4 Å². The number of hydrogen-bond acceptors (Lipinski definition) is 5. The van der Waals surface area contributed by atoms with Crippen LogP contribution in [0.15, 0.2) is 41.2 Å². The molecule has 0 saturated carbocycles. The van der Waals surface area contributed by atoms with Crippen molar-refractivity contribution >= 4 is 28.5 Å². The molecule has 8 heteroatoms. The number of aromatic nitrogens is 2. The van der Waals surface area contributed by atoms with Gasteiger partial charge in [-0.1, -0.05) is 37.8 Å². The summed E-state index contributed by atoms with van der Waals surface area (Å²) >= 11 is 0. The van der Waals surface area contributed by atoms with Gasteiger partial charge in [0.25, 0.3) is 0 Å². The number of hydrogen-bond donors (Lipinski definition) is 0. The van der Waals surface area contributed by atoms with Crippen molar-refractivity contribution in [2.24, 2.45) is 7.05 Å². The van der Waals surface area contributed by atoms with Gasteiger partial charge >= 0.3 is 11.8 Å². The lowest BCUT2D eigenvalue weighted by Crippen LogP contribution is -2.39. The summed E-state index contributed by atoms with van der Waals surface area (Å²) in [5.41, 5.74) is 2.29. The molecule has 2 aromatic carbocycles. The minimum Gasteiger partial charge on any atom is -0.444 e. The number of rotatable bonds is 1. The molecule has 2 aliphatic heterocycles. The molecule has 0 spiro atoms. The maximum absolute atomic E-state index is 15.0. The van der Waals surface area contributed by atoms with Crippen molar-refractivity contribution < 1.29 is 13.9 Å². The van der Waals surface area contributed by atoms with Gasteiger partial charge in [-0.2, -0.15) is 4.98 Å². The van der Waals surface area contributed by atoms with E-state index >= 15 is 4.39 Å². The lowest BCUT2D eigenvalue weighted by Gasteiger charge is -2.32. The second-order valence-electron chi connectivity index (χ2n) is 10.6. The lowest BCUT2D eigenvalue weighted by atomic mass is 9.96. The molecule has 0 radical (unpaired) electrons. The molecule has 2 aliphatic rings. The van der Waals surface area contributed by atoms with Crippen LogP contribution >= 0.6 is 0 Å². The predicted octanol–water partition coefficient (Wildman–Crippen LogP) is 5.93. The molecule has 1 fully saturated rings. The first-order valence-corrected chi connectivity index (χ1v) is 13.7. The molecule has 0 N–H and O–H groups in total. The monoisotopic (exact) mass is 532 g/mol. The quantitative estimate of drug-likeness (QED) is 0.363. The Bertz CT molecular complexity index is 1500. The van der Waals surface area contributed by atoms with E-state index < -0.39 is 17.1 Å². The highest BCUT2D eigenvalue weighted by Gasteiger charge is 2.31. The Morgan fingerprint density at radius 1 is 1.10 bits per heavy atom. The number of nitrogens with zero attached hydrogens (tertiary/aromatic N) is 4. The number of carbonyl (C=O) groups excluding carboxylic acids is 1. The number of fused-ring (bicyclic) bond motifs is 2. The Morgan fingerprint density at radius 2 is 1.85 bits per heavy atom. The van der Waals surface area contributed by atoms with Crippen molar-refractivity contribution in [2.45, 2.75) is 71.9 Å². The maximum atomic E-state index is 15.0. The van der Waals surface area contributed by atoms with Gasteiger partial charge in [-0.3, -0.25) is 9.47 Å². The molecule has 5 rings (SSSR count). The average Bonchev–Trinajstić information content (AvgIpc) is 3.38. The molecule has 1 atom stereocenters. The van der Waals surface area contributed by atoms with Crippen LogP contribution in [0.5, 0.6) is 0 Å². The highest BCUT2D eigenvalue weighted by molar-refractivity contribution is 5.93. The third-order valence-corrected chi connectivity index (χ3v) is 6.83. The fourth-order valence-electron chi connectivity index (χ4n) is 5.11. The first kappa shape index (κ1) is 28.2. The minimum atomic E-state index is -0.560. The zero-order valence-electron chi connectivity index (χ0n) is 23.7. The summed E-state index contributed by atoms with van der Waals surface area (Å²) < 4.78 is 22.0. The third-order valence-electron chi connectivity index (χ3n) is 6.83. The molecule has 1 aromatic heterocycles. The minimum absolute atomic E-state index is 0.206. The van der Waals surface area contributed by atoms with Crippen LogP contribution in [0.4, 0.5) is 20.7 Å². The summed E-state index contributed by atoms with van der Waals surface area (Å²) in [4.78, 5) is 33.2. The van der Waals surface area contributed by atoms with Crippen LogP contribution in [0.2, 0.25) is 0 Å². The number of anilines is 2. The maximum Gasteiger partial charge on any atom is 0.411 e. The summed E-state index contributed by atoms with van der Waals surface area (Å²) in [6.07, 6.45) is 2.97. The van der Waals surface area contributed by atoms with E-state index in [1.807, 2.05) is 57.7 Å². The van der Waals surface area contributed by atoms with Gasteiger partial charge in [-0.25, -0.2) is 14.0 Å². The molecule has 39 heavy (non-hydrogen) atoms. The molecule has 7 nitrogen and oxygen atoms in total. The molecule has 0 aliphatic carbocycles. The van der Waals surface area contributed by atoms with Crippen LogP contribution in [-0.4, -0.2) is 45.3 Å². The van der Waals surface area contributed by atoms with E-state index in [9.17, 15) is 9.59 Å². The number of amides is 1. The number of halogens is 1. The van der Waals surface area contributed by atoms with Gasteiger partial charge in [0.1, 0.15) is 11.4 Å². The van der Waals surface area contributed by atoms with Crippen LogP contribution in [0.1, 0.15) is 65.0 Å². The lowest BCUT2D eigenvalue weighted by molar-refractivity contribution is 0.0261. The van der Waals surface area contributed by atoms with Gasteiger partial charge in [-0.05, 0) is 76.3 Å². The SMILES string of the molecule is CC.Cn1c(=O)nc(N2CCCc3c(C#CC4CCCN4C(=O)OC(C)(C)C)cccc32)c2c(F)cccc21. The fraction of sp³-hybridized carbons (Fsp3) is 0.452. The first-order valence-electron chi connectivity index (χ1n) is 13.7. The number of ether oxygens (including phenoxy) is 1. The second-order valence-corrected chi connectivity index (χ2v) is 10.6. The van der Waals surface area contributed by atoms with Crippen molar-refractivity contribution in [1.82, 2.24) is 14.5 Å². The number of aryl methyl sites for hydroxylation is 1. The summed E-state index contributed by atoms with van der Waals surface area (Å²) in [5, 5.41) is 0.327. The van der Waals surface area contributed by atoms with E-state index in [2.05, 4.69) is 16.8 Å². The van der Waals surface area contributed by atoms with Crippen LogP contribution in [0, 0.1) is 17.7 Å². The molecule has 3 heterocycles. The molecule has 1 saturated heterocycles. The molecule has 206 valence electrons. The van der Waals surface area contributed by atoms with Crippen molar-refractivity contribution in [3.05, 3.63) is 63.8 Å². The summed E-state index contributed by atoms with van der Waals surface area (Å²) in [6, 6.07) is 10.4. The predicted molar refractivity (Wildman–Crippen MR) is 153 cm³/mol. The normalized spacial score (nSPS) is 16.6. The molecule has 0 bridgehead atoms. The Kier molecular flexibility index (Phi) is 8.29. The van der Waals surface area contributed by atoms with Crippen LogP contribution in [-0.2, 0) is 18.2 Å². The summed E-state index contributed by atoms with van der Waals surface area (Å²) in [5.74, 6) is 6.53. The smallest absolute Gasteiger partial charge is 0.411 e. The molecule has 1 amide bonds. The molecule has 1 unspecified atom stereocenters. The Hall–Kier alpha value is -3.86. The van der Waals surface area contributed by atoms with Crippen molar-refractivity contribution in [3.63, 3.8) is 0 Å². The van der Waals surface area contributed by atoms with Gasteiger partial charge in [0.15, 0.2) is 5.82 Å². The van der Waals surface area contributed by atoms with E-state index in [0.29, 0.717) is 29.8 Å². The highest BCUT2D eigenvalue weighted by Crippen LogP contribution is 2.37. The third kappa shape index (κ3) is 5.78. The van der Waals surface area contributed by atoms with Crippen molar-refractivity contribution in [1.29, 1.82) is 0 Å². The number of likely N-dealkylation sites (tertiary alicyclic amines) is 1. The van der Waals surface area contributed by atoms with Gasteiger partial charge in [0.2, 0.25) is 0 Å². The van der Waals surface area contributed by atoms with Gasteiger partial charge in [0.05, 0.1) is 16.9 Å². The van der Waals surface area contributed by atoms with Crippen LogP contribution in [0.3, 0.4) is 0 Å². The van der Waals surface area contributed by atoms with E-state index in [0.717, 1.165) is 42.5 Å².